The van der Waals surface area contributed by atoms with E-state index in [1.54, 1.807) is 6.08 Å². The van der Waals surface area contributed by atoms with Gasteiger partial charge in [0.25, 0.3) is 0 Å². The van der Waals surface area contributed by atoms with E-state index in [0.29, 0.717) is 0 Å². The summed E-state index contributed by atoms with van der Waals surface area (Å²) in [6.45, 7) is 9.49. The van der Waals surface area contributed by atoms with Crippen molar-refractivity contribution in [3.8, 4) is 11.8 Å². The second-order valence-corrected chi connectivity index (χ2v) is 2.34. The molecule has 0 N–H and O–H groups in total. The van der Waals surface area contributed by atoms with Crippen LogP contribution in [0.2, 0.25) is 0 Å². The van der Waals surface area contributed by atoms with Crippen molar-refractivity contribution in [2.24, 2.45) is 0 Å². The quantitative estimate of drug-likeness (QED) is 0.351. The Morgan fingerprint density at radius 3 is 2.30 bits per heavy atom. The fourth-order valence-corrected chi connectivity index (χ4v) is 0.340. The molecule has 0 aromatic carbocycles. The third-order valence-electron chi connectivity index (χ3n) is 0.719. The maximum absolute atomic E-state index is 3.64. The van der Waals surface area contributed by atoms with Gasteiger partial charge in [0.05, 0.1) is 0 Å². The van der Waals surface area contributed by atoms with Crippen LogP contribution in [0, 0.1) is 11.8 Å². The van der Waals surface area contributed by atoms with Crippen LogP contribution >= 0.6 is 0 Å². The molecule has 0 heterocycles. The Labute approximate surface area is 63.0 Å². The molecule has 0 nitrogen and oxygen atoms in total. The van der Waals surface area contributed by atoms with E-state index in [0.717, 1.165) is 11.1 Å². The Balaban J connectivity index is 4.13. The lowest BCUT2D eigenvalue weighted by Gasteiger charge is -1.74. The summed E-state index contributed by atoms with van der Waals surface area (Å²) in [5.74, 6) is 5.63. The van der Waals surface area contributed by atoms with Crippen LogP contribution in [0.3, 0.4) is 0 Å². The van der Waals surface area contributed by atoms with Gasteiger partial charge in [0.1, 0.15) is 0 Å². The lowest BCUT2D eigenvalue weighted by atomic mass is 10.3. The maximum Gasteiger partial charge on any atom is 0.0304 e. The van der Waals surface area contributed by atoms with Gasteiger partial charge in [-0.3, -0.25) is 0 Å². The van der Waals surface area contributed by atoms with Crippen molar-refractivity contribution in [2.75, 3.05) is 0 Å². The zero-order chi connectivity index (χ0) is 7.98. The van der Waals surface area contributed by atoms with Crippen molar-refractivity contribution in [3.05, 3.63) is 29.5 Å². The molecule has 0 amide bonds. The third-order valence-corrected chi connectivity index (χ3v) is 0.719. The fraction of sp³-hybridized carbons (Fsp3) is 0.300. The van der Waals surface area contributed by atoms with E-state index in [-0.39, 0.29) is 0 Å². The molecule has 0 radical (unpaired) electrons. The Morgan fingerprint density at radius 2 is 1.90 bits per heavy atom. The summed E-state index contributed by atoms with van der Waals surface area (Å²) in [4.78, 5) is 0. The zero-order valence-corrected chi connectivity index (χ0v) is 6.78. The van der Waals surface area contributed by atoms with E-state index in [1.807, 2.05) is 20.8 Å². The first-order valence-electron chi connectivity index (χ1n) is 3.18. The molecule has 0 unspecified atom stereocenters. The minimum Gasteiger partial charge on any atom is -0.113 e. The van der Waals surface area contributed by atoms with E-state index in [2.05, 4.69) is 24.2 Å². The summed E-state index contributed by atoms with van der Waals surface area (Å²) in [6, 6.07) is 0. The molecule has 0 aliphatic carbocycles. The van der Waals surface area contributed by atoms with Gasteiger partial charge in [-0.25, -0.2) is 0 Å². The highest BCUT2D eigenvalue weighted by Gasteiger charge is 1.67. The molecule has 0 atom stereocenters. The number of hydrogen-bond donors (Lipinski definition) is 0. The van der Waals surface area contributed by atoms with Gasteiger partial charge in [-0.15, -0.1) is 5.73 Å². The second kappa shape index (κ2) is 4.68. The van der Waals surface area contributed by atoms with E-state index >= 15 is 0 Å². The maximum atomic E-state index is 3.64. The second-order valence-electron chi connectivity index (χ2n) is 2.34. The first-order valence-corrected chi connectivity index (χ1v) is 3.18. The van der Waals surface area contributed by atoms with Gasteiger partial charge in [0.2, 0.25) is 0 Å². The Bertz CT molecular complexity index is 233. The molecular formula is C10H12. The van der Waals surface area contributed by atoms with Crippen LogP contribution in [0.1, 0.15) is 20.8 Å². The molecule has 0 aromatic heterocycles. The average molecular weight is 132 g/mol. The minimum absolute atomic E-state index is 0.881. The SMILES string of the molecule is C=C(C)C#CC=C=C(C)C. The summed E-state index contributed by atoms with van der Waals surface area (Å²) in [5.41, 5.74) is 4.99. The van der Waals surface area contributed by atoms with Gasteiger partial charge < -0.3 is 0 Å². The molecular weight excluding hydrogens is 120 g/mol. The molecule has 0 aromatic rings. The standard InChI is InChI=1S/C10H12/c1-9(2)7-5-6-8-10(3)4/h6H,1H2,2-4H3. The Hall–Kier alpha value is -1.18. The summed E-state index contributed by atoms with van der Waals surface area (Å²) in [6.07, 6.45) is 1.71. The lowest BCUT2D eigenvalue weighted by molar-refractivity contribution is 1.41. The normalized spacial score (nSPS) is 6.70. The van der Waals surface area contributed by atoms with Crippen LogP contribution in [0.15, 0.2) is 29.5 Å². The summed E-state index contributed by atoms with van der Waals surface area (Å²) >= 11 is 0. The molecule has 0 bridgehead atoms. The Kier molecular flexibility index (Phi) is 4.12. The van der Waals surface area contributed by atoms with E-state index < -0.39 is 0 Å². The highest BCUT2D eigenvalue weighted by Crippen LogP contribution is 1.83. The van der Waals surface area contributed by atoms with Gasteiger partial charge in [0, 0.05) is 6.08 Å². The predicted octanol–water partition coefficient (Wildman–Crippen LogP) is 2.69. The summed E-state index contributed by atoms with van der Waals surface area (Å²) in [7, 11) is 0. The van der Waals surface area contributed by atoms with Crippen molar-refractivity contribution in [1.29, 1.82) is 0 Å². The smallest absolute Gasteiger partial charge is 0.0304 e. The molecule has 0 rings (SSSR count). The predicted molar refractivity (Wildman–Crippen MR) is 45.5 cm³/mol. The molecule has 0 saturated heterocycles. The molecule has 10 heavy (non-hydrogen) atoms. The van der Waals surface area contributed by atoms with Crippen molar-refractivity contribution in [2.45, 2.75) is 20.8 Å². The van der Waals surface area contributed by atoms with Crippen LogP contribution in [0.5, 0.6) is 0 Å². The van der Waals surface area contributed by atoms with E-state index in [4.69, 9.17) is 0 Å². The van der Waals surface area contributed by atoms with Gasteiger partial charge in [-0.05, 0) is 31.9 Å². The van der Waals surface area contributed by atoms with Crippen molar-refractivity contribution in [1.82, 2.24) is 0 Å². The fourth-order valence-electron chi connectivity index (χ4n) is 0.340. The highest BCUT2D eigenvalue weighted by molar-refractivity contribution is 5.28. The molecule has 0 spiro atoms. The number of hydrogen-bond acceptors (Lipinski definition) is 0. The van der Waals surface area contributed by atoms with Gasteiger partial charge >= 0.3 is 0 Å². The summed E-state index contributed by atoms with van der Waals surface area (Å²) in [5, 5.41) is 0. The van der Waals surface area contributed by atoms with Crippen LogP contribution in [-0.4, -0.2) is 0 Å². The number of rotatable bonds is 0. The minimum atomic E-state index is 0.881. The zero-order valence-electron chi connectivity index (χ0n) is 6.78. The van der Waals surface area contributed by atoms with Gasteiger partial charge in [-0.2, -0.15) is 0 Å². The molecule has 52 valence electrons. The molecule has 0 aliphatic heterocycles. The van der Waals surface area contributed by atoms with Gasteiger partial charge in [0.15, 0.2) is 0 Å². The monoisotopic (exact) mass is 132 g/mol. The van der Waals surface area contributed by atoms with Crippen LogP contribution in [-0.2, 0) is 0 Å². The van der Waals surface area contributed by atoms with Crippen LogP contribution in [0.4, 0.5) is 0 Å². The largest absolute Gasteiger partial charge is 0.113 e. The topological polar surface area (TPSA) is 0 Å². The molecule has 0 fully saturated rings. The highest BCUT2D eigenvalue weighted by atomic mass is 13.7. The van der Waals surface area contributed by atoms with Gasteiger partial charge in [-0.1, -0.05) is 18.4 Å². The Morgan fingerprint density at radius 1 is 1.30 bits per heavy atom. The molecule has 0 saturated carbocycles. The summed E-state index contributed by atoms with van der Waals surface area (Å²) < 4.78 is 0. The third kappa shape index (κ3) is 6.82. The van der Waals surface area contributed by atoms with Crippen LogP contribution in [0.25, 0.3) is 0 Å². The average Bonchev–Trinajstić information content (AvgIpc) is 1.79. The molecule has 0 heteroatoms. The van der Waals surface area contributed by atoms with E-state index in [9.17, 15) is 0 Å². The number of allylic oxidation sites excluding steroid dienone is 2. The van der Waals surface area contributed by atoms with Crippen molar-refractivity contribution in [3.63, 3.8) is 0 Å². The lowest BCUT2D eigenvalue weighted by Crippen LogP contribution is -1.59. The van der Waals surface area contributed by atoms with E-state index in [1.165, 1.54) is 0 Å². The van der Waals surface area contributed by atoms with Crippen molar-refractivity contribution < 1.29 is 0 Å². The first-order chi connectivity index (χ1) is 4.63. The molecule has 0 aliphatic rings. The van der Waals surface area contributed by atoms with Crippen molar-refractivity contribution >= 4 is 0 Å². The van der Waals surface area contributed by atoms with Crippen LogP contribution < -0.4 is 0 Å². The first kappa shape index (κ1) is 8.82.